The molecule has 2 heterocycles. The molecule has 5 nitrogen and oxygen atoms in total. The zero-order valence-corrected chi connectivity index (χ0v) is 15.6. The lowest BCUT2D eigenvalue weighted by Gasteiger charge is -2.25. The van der Waals surface area contributed by atoms with Crippen LogP contribution in [0, 0.1) is 0 Å². The van der Waals surface area contributed by atoms with Gasteiger partial charge in [-0.2, -0.15) is 0 Å². The van der Waals surface area contributed by atoms with Crippen molar-refractivity contribution in [3.63, 3.8) is 0 Å². The third kappa shape index (κ3) is 4.04. The van der Waals surface area contributed by atoms with Crippen molar-refractivity contribution in [1.29, 1.82) is 0 Å². The summed E-state index contributed by atoms with van der Waals surface area (Å²) in [6.07, 6.45) is 3.58. The van der Waals surface area contributed by atoms with Crippen LogP contribution in [0.3, 0.4) is 0 Å². The van der Waals surface area contributed by atoms with Gasteiger partial charge in [-0.1, -0.05) is 12.1 Å². The number of furan rings is 1. The molecular formula is C18H19NO4S2. The summed E-state index contributed by atoms with van der Waals surface area (Å²) in [6, 6.07) is 10.9. The van der Waals surface area contributed by atoms with E-state index in [1.165, 1.54) is 18.7 Å². The van der Waals surface area contributed by atoms with Crippen LogP contribution in [0.1, 0.15) is 23.6 Å². The average molecular weight is 377 g/mol. The van der Waals surface area contributed by atoms with Crippen molar-refractivity contribution < 1.29 is 18.7 Å². The summed E-state index contributed by atoms with van der Waals surface area (Å²) in [6.45, 7) is 1.66. The Bertz CT molecular complexity index is 730. The summed E-state index contributed by atoms with van der Waals surface area (Å²) < 4.78 is 10.9. The highest BCUT2D eigenvalue weighted by molar-refractivity contribution is 7.99. The van der Waals surface area contributed by atoms with E-state index in [1.54, 1.807) is 29.0 Å². The van der Waals surface area contributed by atoms with Crippen molar-refractivity contribution in [2.45, 2.75) is 29.8 Å². The van der Waals surface area contributed by atoms with Crippen LogP contribution in [0.5, 0.6) is 0 Å². The van der Waals surface area contributed by atoms with Crippen LogP contribution in [-0.2, 0) is 20.9 Å². The number of amides is 1. The normalized spacial score (nSPS) is 19.8. The summed E-state index contributed by atoms with van der Waals surface area (Å²) in [5, 5.41) is -0.286. The number of benzene rings is 1. The van der Waals surface area contributed by atoms with E-state index in [9.17, 15) is 9.59 Å². The smallest absolute Gasteiger partial charge is 0.330 e. The summed E-state index contributed by atoms with van der Waals surface area (Å²) in [5.41, 5.74) is 0.925. The Kier molecular flexibility index (Phi) is 5.75. The lowest BCUT2D eigenvalue weighted by atomic mass is 10.2. The molecule has 2 aromatic rings. The molecule has 2 atom stereocenters. The minimum atomic E-state index is -0.594. The van der Waals surface area contributed by atoms with Crippen LogP contribution in [-0.4, -0.2) is 34.8 Å². The summed E-state index contributed by atoms with van der Waals surface area (Å²) >= 11 is 3.17. The second-order valence-electron chi connectivity index (χ2n) is 5.60. The van der Waals surface area contributed by atoms with E-state index >= 15 is 0 Å². The van der Waals surface area contributed by atoms with Gasteiger partial charge in [-0.25, -0.2) is 4.79 Å². The molecule has 1 saturated heterocycles. The zero-order chi connectivity index (χ0) is 17.8. The molecule has 1 aliphatic rings. The predicted octanol–water partition coefficient (Wildman–Crippen LogP) is 3.71. The summed E-state index contributed by atoms with van der Waals surface area (Å²) in [4.78, 5) is 27.3. The lowest BCUT2D eigenvalue weighted by molar-refractivity contribution is -0.154. The number of carbonyl (C=O) groups is 2. The van der Waals surface area contributed by atoms with Gasteiger partial charge in [-0.3, -0.25) is 4.79 Å². The fraction of sp³-hybridized carbons (Fsp3) is 0.333. The highest BCUT2D eigenvalue weighted by Gasteiger charge is 2.43. The van der Waals surface area contributed by atoms with Gasteiger partial charge in [-0.15, -0.1) is 23.5 Å². The number of hydrogen-bond acceptors (Lipinski definition) is 6. The van der Waals surface area contributed by atoms with Crippen molar-refractivity contribution >= 4 is 35.4 Å². The fourth-order valence-electron chi connectivity index (χ4n) is 2.70. The molecule has 0 saturated carbocycles. The predicted molar refractivity (Wildman–Crippen MR) is 98.2 cm³/mol. The molecule has 0 aliphatic carbocycles. The molecule has 1 aliphatic heterocycles. The maximum atomic E-state index is 12.5. The van der Waals surface area contributed by atoms with Crippen LogP contribution in [0.25, 0.3) is 0 Å². The van der Waals surface area contributed by atoms with E-state index in [4.69, 9.17) is 9.15 Å². The van der Waals surface area contributed by atoms with Crippen molar-refractivity contribution in [2.75, 3.05) is 12.0 Å². The maximum absolute atomic E-state index is 12.5. The number of rotatable bonds is 5. The van der Waals surface area contributed by atoms with E-state index in [-0.39, 0.29) is 23.9 Å². The Hall–Kier alpha value is -1.86. The van der Waals surface area contributed by atoms with E-state index in [0.29, 0.717) is 11.5 Å². The first-order chi connectivity index (χ1) is 12.1. The van der Waals surface area contributed by atoms with Crippen LogP contribution in [0.2, 0.25) is 0 Å². The van der Waals surface area contributed by atoms with E-state index in [1.807, 2.05) is 36.6 Å². The van der Waals surface area contributed by atoms with Crippen LogP contribution in [0.15, 0.2) is 52.0 Å². The first-order valence-electron chi connectivity index (χ1n) is 7.83. The summed E-state index contributed by atoms with van der Waals surface area (Å²) in [5.74, 6) is 0.612. The minimum Gasteiger partial charge on any atom is -0.466 e. The minimum absolute atomic E-state index is 0.169. The Labute approximate surface area is 155 Å². The second kappa shape index (κ2) is 8.01. The van der Waals surface area contributed by atoms with Gasteiger partial charge in [-0.05, 0) is 36.1 Å². The largest absolute Gasteiger partial charge is 0.466 e. The first kappa shape index (κ1) is 17.9. The van der Waals surface area contributed by atoms with Crippen LogP contribution in [0.4, 0.5) is 0 Å². The van der Waals surface area contributed by atoms with E-state index in [2.05, 4.69) is 0 Å². The van der Waals surface area contributed by atoms with E-state index in [0.717, 1.165) is 10.5 Å². The van der Waals surface area contributed by atoms with Gasteiger partial charge in [0.05, 0.1) is 6.26 Å². The van der Waals surface area contributed by atoms with Crippen molar-refractivity contribution in [1.82, 2.24) is 4.90 Å². The molecule has 0 bridgehead atoms. The lowest BCUT2D eigenvalue weighted by Crippen LogP contribution is -2.42. The number of ether oxygens (including phenoxy) is 1. The van der Waals surface area contributed by atoms with Gasteiger partial charge < -0.3 is 14.1 Å². The third-order valence-electron chi connectivity index (χ3n) is 3.96. The molecule has 0 spiro atoms. The number of thioether (sulfide) groups is 2. The topological polar surface area (TPSA) is 59.8 Å². The molecule has 0 unspecified atom stereocenters. The molecule has 0 N–H and O–H groups in total. The van der Waals surface area contributed by atoms with Crippen LogP contribution < -0.4 is 0 Å². The number of hydrogen-bond donors (Lipinski definition) is 0. The second-order valence-corrected chi connectivity index (χ2v) is 7.59. The highest BCUT2D eigenvalue weighted by atomic mass is 32.2. The fourth-order valence-corrected chi connectivity index (χ4v) is 4.52. The van der Waals surface area contributed by atoms with Crippen molar-refractivity contribution in [3.8, 4) is 0 Å². The SMILES string of the molecule is CSc1ccc(COC(=O)[C@@H]2CS[C@@H](c3ccco3)N2C(C)=O)cc1. The maximum Gasteiger partial charge on any atom is 0.330 e. The molecule has 1 aromatic carbocycles. The standard InChI is InChI=1S/C18H19NO4S2/c1-12(20)19-15(11-25-17(19)16-4-3-9-22-16)18(21)23-10-13-5-7-14(24-2)8-6-13/h3-9,15,17H,10-11H2,1-2H3/t15-,17-/m0/s1. The highest BCUT2D eigenvalue weighted by Crippen LogP contribution is 2.41. The van der Waals surface area contributed by atoms with Gasteiger partial charge >= 0.3 is 5.97 Å². The molecule has 1 aromatic heterocycles. The average Bonchev–Trinajstić information content (AvgIpc) is 3.28. The van der Waals surface area contributed by atoms with Gasteiger partial charge in [0.1, 0.15) is 23.8 Å². The van der Waals surface area contributed by atoms with Gasteiger partial charge in [0.2, 0.25) is 5.91 Å². The number of carbonyl (C=O) groups excluding carboxylic acids is 2. The monoisotopic (exact) mass is 377 g/mol. The Morgan fingerprint density at radius 2 is 2.08 bits per heavy atom. The molecule has 25 heavy (non-hydrogen) atoms. The van der Waals surface area contributed by atoms with E-state index < -0.39 is 6.04 Å². The zero-order valence-electron chi connectivity index (χ0n) is 14.0. The molecular weight excluding hydrogens is 358 g/mol. The molecule has 1 fully saturated rings. The third-order valence-corrected chi connectivity index (χ3v) is 5.99. The van der Waals surface area contributed by atoms with Crippen molar-refractivity contribution in [2.24, 2.45) is 0 Å². The Morgan fingerprint density at radius 3 is 2.68 bits per heavy atom. The van der Waals surface area contributed by atoms with Crippen molar-refractivity contribution in [3.05, 3.63) is 54.0 Å². The molecule has 132 valence electrons. The Balaban J connectivity index is 1.65. The quantitative estimate of drug-likeness (QED) is 0.585. The Morgan fingerprint density at radius 1 is 1.32 bits per heavy atom. The first-order valence-corrected chi connectivity index (χ1v) is 10.1. The molecule has 0 radical (unpaired) electrons. The summed E-state index contributed by atoms with van der Waals surface area (Å²) in [7, 11) is 0. The molecule has 1 amide bonds. The number of esters is 1. The number of nitrogens with zero attached hydrogens (tertiary/aromatic N) is 1. The molecule has 3 rings (SSSR count). The van der Waals surface area contributed by atoms with Gasteiger partial charge in [0.25, 0.3) is 0 Å². The molecule has 7 heteroatoms. The van der Waals surface area contributed by atoms with Crippen LogP contribution >= 0.6 is 23.5 Å². The van der Waals surface area contributed by atoms with Gasteiger partial charge in [0.15, 0.2) is 0 Å². The van der Waals surface area contributed by atoms with Gasteiger partial charge in [0, 0.05) is 17.6 Å².